The fourth-order valence-corrected chi connectivity index (χ4v) is 3.27. The topological polar surface area (TPSA) is 47.9 Å². The molecule has 0 saturated carbocycles. The van der Waals surface area contributed by atoms with Gasteiger partial charge in [-0.15, -0.1) is 6.58 Å². The Morgan fingerprint density at radius 1 is 1.32 bits per heavy atom. The van der Waals surface area contributed by atoms with Gasteiger partial charge in [0.1, 0.15) is 5.75 Å². The van der Waals surface area contributed by atoms with Gasteiger partial charge in [-0.3, -0.25) is 0 Å². The second kappa shape index (κ2) is 10.6. The minimum Gasteiger partial charge on any atom is -0.497 e. The van der Waals surface area contributed by atoms with Crippen LogP contribution in [0.5, 0.6) is 5.75 Å². The molecule has 1 saturated heterocycles. The van der Waals surface area contributed by atoms with E-state index in [0.29, 0.717) is 32.0 Å². The first-order chi connectivity index (χ1) is 12.1. The lowest BCUT2D eigenvalue weighted by molar-refractivity contribution is -0.104. The van der Waals surface area contributed by atoms with Crippen molar-refractivity contribution < 1.29 is 19.3 Å². The van der Waals surface area contributed by atoms with Crippen LogP contribution in [0.15, 0.2) is 36.9 Å². The number of hydrogen-bond acceptors (Lipinski definition) is 4. The molecule has 1 aliphatic rings. The fourth-order valence-electron chi connectivity index (χ4n) is 3.27. The van der Waals surface area contributed by atoms with Gasteiger partial charge in [0.15, 0.2) is 0 Å². The highest BCUT2D eigenvalue weighted by molar-refractivity contribution is 5.26. The summed E-state index contributed by atoms with van der Waals surface area (Å²) in [6.45, 7) is 7.19. The number of methoxy groups -OCH3 is 1. The molecule has 0 amide bonds. The predicted molar refractivity (Wildman–Crippen MR) is 99.8 cm³/mol. The molecule has 0 aromatic heterocycles. The SMILES string of the molecule is C=CC[C@H](O)C[C@H]1O[C@H](CCOCc2ccc(OC)cc2)CC[C@@H]1C. The minimum atomic E-state index is -0.352. The van der Waals surface area contributed by atoms with Gasteiger partial charge in [-0.05, 0) is 49.3 Å². The van der Waals surface area contributed by atoms with E-state index in [9.17, 15) is 5.11 Å². The van der Waals surface area contributed by atoms with Gasteiger partial charge in [-0.2, -0.15) is 0 Å². The van der Waals surface area contributed by atoms with Crippen molar-refractivity contribution in [2.24, 2.45) is 5.92 Å². The summed E-state index contributed by atoms with van der Waals surface area (Å²) < 4.78 is 17.2. The van der Waals surface area contributed by atoms with Gasteiger partial charge in [0.25, 0.3) is 0 Å². The summed E-state index contributed by atoms with van der Waals surface area (Å²) in [5.74, 6) is 1.36. The van der Waals surface area contributed by atoms with Crippen LogP contribution in [-0.2, 0) is 16.1 Å². The van der Waals surface area contributed by atoms with Gasteiger partial charge in [0.05, 0.1) is 32.0 Å². The summed E-state index contributed by atoms with van der Waals surface area (Å²) >= 11 is 0. The molecule has 2 rings (SSSR count). The maximum atomic E-state index is 10.00. The van der Waals surface area contributed by atoms with E-state index in [1.54, 1.807) is 13.2 Å². The van der Waals surface area contributed by atoms with E-state index in [2.05, 4.69) is 13.5 Å². The molecule has 0 bridgehead atoms. The average Bonchev–Trinajstić information content (AvgIpc) is 2.62. The fraction of sp³-hybridized carbons (Fsp3) is 0.619. The first-order valence-electron chi connectivity index (χ1n) is 9.27. The molecule has 0 aliphatic carbocycles. The van der Waals surface area contributed by atoms with Crippen LogP contribution < -0.4 is 4.74 Å². The molecule has 1 N–H and O–H groups in total. The van der Waals surface area contributed by atoms with Gasteiger partial charge in [0.2, 0.25) is 0 Å². The van der Waals surface area contributed by atoms with Crippen molar-refractivity contribution in [2.45, 2.75) is 63.9 Å². The number of hydrogen-bond donors (Lipinski definition) is 1. The van der Waals surface area contributed by atoms with Gasteiger partial charge in [0, 0.05) is 13.0 Å². The zero-order valence-corrected chi connectivity index (χ0v) is 15.5. The summed E-state index contributed by atoms with van der Waals surface area (Å²) in [5.41, 5.74) is 1.14. The van der Waals surface area contributed by atoms with Gasteiger partial charge in [-0.1, -0.05) is 25.1 Å². The zero-order valence-electron chi connectivity index (χ0n) is 15.5. The smallest absolute Gasteiger partial charge is 0.118 e. The molecule has 1 heterocycles. The maximum absolute atomic E-state index is 10.00. The van der Waals surface area contributed by atoms with Crippen LogP contribution in [0, 0.1) is 5.92 Å². The lowest BCUT2D eigenvalue weighted by Crippen LogP contribution is -2.36. The van der Waals surface area contributed by atoms with Crippen molar-refractivity contribution in [3.8, 4) is 5.75 Å². The molecule has 25 heavy (non-hydrogen) atoms. The molecule has 0 radical (unpaired) electrons. The first-order valence-corrected chi connectivity index (χ1v) is 9.27. The van der Waals surface area contributed by atoms with Crippen LogP contribution in [0.25, 0.3) is 0 Å². The Morgan fingerprint density at radius 3 is 2.76 bits per heavy atom. The number of aliphatic hydroxyl groups excluding tert-OH is 1. The van der Waals surface area contributed by atoms with Crippen molar-refractivity contribution in [3.63, 3.8) is 0 Å². The molecule has 1 aliphatic heterocycles. The summed E-state index contributed by atoms with van der Waals surface area (Å²) in [7, 11) is 1.67. The minimum absolute atomic E-state index is 0.135. The molecular formula is C21H32O4. The standard InChI is InChI=1S/C21H32O4/c1-4-5-18(22)14-21-16(2)6-9-20(25-21)12-13-24-15-17-7-10-19(23-3)11-8-17/h4,7-8,10-11,16,18,20-22H,1,5-6,9,12-15H2,2-3H3/t16-,18-,20-,21+/m0/s1. The molecule has 1 aromatic rings. The Kier molecular flexibility index (Phi) is 8.45. The largest absolute Gasteiger partial charge is 0.497 e. The lowest BCUT2D eigenvalue weighted by Gasteiger charge is -2.36. The Labute approximate surface area is 151 Å². The van der Waals surface area contributed by atoms with Crippen molar-refractivity contribution in [3.05, 3.63) is 42.5 Å². The molecule has 0 spiro atoms. The molecule has 1 fully saturated rings. The number of aliphatic hydroxyl groups is 1. The van der Waals surface area contributed by atoms with E-state index in [1.165, 1.54) is 0 Å². The van der Waals surface area contributed by atoms with E-state index < -0.39 is 0 Å². The van der Waals surface area contributed by atoms with Crippen LogP contribution in [0.3, 0.4) is 0 Å². The van der Waals surface area contributed by atoms with Crippen molar-refractivity contribution in [2.75, 3.05) is 13.7 Å². The maximum Gasteiger partial charge on any atom is 0.118 e. The van der Waals surface area contributed by atoms with E-state index in [-0.39, 0.29) is 18.3 Å². The molecule has 4 atom stereocenters. The lowest BCUT2D eigenvalue weighted by atomic mass is 9.89. The summed E-state index contributed by atoms with van der Waals surface area (Å²) in [5, 5.41) is 10.00. The van der Waals surface area contributed by atoms with Crippen molar-refractivity contribution >= 4 is 0 Å². The van der Waals surface area contributed by atoms with E-state index in [1.807, 2.05) is 24.3 Å². The molecule has 4 heteroatoms. The van der Waals surface area contributed by atoms with Crippen molar-refractivity contribution in [1.29, 1.82) is 0 Å². The summed E-state index contributed by atoms with van der Waals surface area (Å²) in [6, 6.07) is 7.94. The highest BCUT2D eigenvalue weighted by atomic mass is 16.5. The monoisotopic (exact) mass is 348 g/mol. The number of rotatable bonds is 10. The van der Waals surface area contributed by atoms with Crippen LogP contribution >= 0.6 is 0 Å². The third-order valence-corrected chi connectivity index (χ3v) is 4.90. The number of benzene rings is 1. The first kappa shape index (κ1) is 20.0. The third kappa shape index (κ3) is 6.81. The molecule has 140 valence electrons. The second-order valence-corrected chi connectivity index (χ2v) is 6.95. The zero-order chi connectivity index (χ0) is 18.1. The molecule has 0 unspecified atom stereocenters. The molecule has 4 nitrogen and oxygen atoms in total. The predicted octanol–water partition coefficient (Wildman–Crippen LogP) is 4.11. The third-order valence-electron chi connectivity index (χ3n) is 4.90. The molecular weight excluding hydrogens is 316 g/mol. The van der Waals surface area contributed by atoms with Crippen LogP contribution in [-0.4, -0.2) is 37.1 Å². The summed E-state index contributed by atoms with van der Waals surface area (Å²) in [4.78, 5) is 0. The highest BCUT2D eigenvalue weighted by Crippen LogP contribution is 2.29. The normalized spacial score (nSPS) is 24.7. The van der Waals surface area contributed by atoms with Gasteiger partial charge in [-0.25, -0.2) is 0 Å². The highest BCUT2D eigenvalue weighted by Gasteiger charge is 2.29. The number of ether oxygens (including phenoxy) is 3. The summed E-state index contributed by atoms with van der Waals surface area (Å²) in [6.07, 6.45) is 6.21. The van der Waals surface area contributed by atoms with E-state index >= 15 is 0 Å². The van der Waals surface area contributed by atoms with Crippen LogP contribution in [0.4, 0.5) is 0 Å². The Bertz CT molecular complexity index is 499. The van der Waals surface area contributed by atoms with E-state index in [4.69, 9.17) is 14.2 Å². The Balaban J connectivity index is 1.68. The van der Waals surface area contributed by atoms with Crippen LogP contribution in [0.2, 0.25) is 0 Å². The van der Waals surface area contributed by atoms with Crippen molar-refractivity contribution in [1.82, 2.24) is 0 Å². The Hall–Kier alpha value is -1.36. The second-order valence-electron chi connectivity index (χ2n) is 6.95. The van der Waals surface area contributed by atoms with Gasteiger partial charge >= 0.3 is 0 Å². The Morgan fingerprint density at radius 2 is 2.08 bits per heavy atom. The van der Waals surface area contributed by atoms with Crippen LogP contribution in [0.1, 0.15) is 44.6 Å². The quantitative estimate of drug-likeness (QED) is 0.510. The van der Waals surface area contributed by atoms with Gasteiger partial charge < -0.3 is 19.3 Å². The van der Waals surface area contributed by atoms with E-state index in [0.717, 1.165) is 30.6 Å². The molecule has 1 aromatic carbocycles. The average molecular weight is 348 g/mol.